The maximum atomic E-state index is 14.0. The quantitative estimate of drug-likeness (QED) is 0.833. The van der Waals surface area contributed by atoms with Crippen LogP contribution in [-0.2, 0) is 0 Å². The first-order valence-electron chi connectivity index (χ1n) is 9.00. The van der Waals surface area contributed by atoms with Crippen LogP contribution in [0.1, 0.15) is 45.6 Å². The van der Waals surface area contributed by atoms with E-state index in [1.807, 2.05) is 16.8 Å². The van der Waals surface area contributed by atoms with Crippen LogP contribution in [0, 0.1) is 11.7 Å². The van der Waals surface area contributed by atoms with Crippen molar-refractivity contribution < 1.29 is 4.39 Å². The van der Waals surface area contributed by atoms with Gasteiger partial charge >= 0.3 is 0 Å². The van der Waals surface area contributed by atoms with Gasteiger partial charge in [0.1, 0.15) is 5.82 Å². The first-order chi connectivity index (χ1) is 12.0. The van der Waals surface area contributed by atoms with Crippen molar-refractivity contribution in [2.75, 3.05) is 31.1 Å². The lowest BCUT2D eigenvalue weighted by Crippen LogP contribution is -2.49. The minimum absolute atomic E-state index is 0.153. The Bertz CT molecular complexity index is 690. The summed E-state index contributed by atoms with van der Waals surface area (Å²) in [6, 6.07) is 7.39. The Morgan fingerprint density at radius 1 is 1.00 bits per heavy atom. The minimum Gasteiger partial charge on any atom is -0.367 e. The Morgan fingerprint density at radius 3 is 2.28 bits per heavy atom. The van der Waals surface area contributed by atoms with E-state index in [0.717, 1.165) is 32.0 Å². The number of tetrazole rings is 1. The van der Waals surface area contributed by atoms with Gasteiger partial charge in [0.2, 0.25) is 0 Å². The van der Waals surface area contributed by atoms with E-state index in [0.29, 0.717) is 11.6 Å². The van der Waals surface area contributed by atoms with Crippen molar-refractivity contribution >= 4 is 5.69 Å². The Kier molecular flexibility index (Phi) is 5.32. The molecule has 1 aliphatic rings. The van der Waals surface area contributed by atoms with Crippen LogP contribution in [0.2, 0.25) is 0 Å². The molecule has 1 aliphatic heterocycles. The molecule has 0 aliphatic carbocycles. The van der Waals surface area contributed by atoms with Gasteiger partial charge in [0.25, 0.3) is 0 Å². The van der Waals surface area contributed by atoms with Gasteiger partial charge in [0.15, 0.2) is 5.82 Å². The Morgan fingerprint density at radius 2 is 1.68 bits per heavy atom. The lowest BCUT2D eigenvalue weighted by molar-refractivity contribution is 0.133. The number of anilines is 1. The zero-order valence-corrected chi connectivity index (χ0v) is 15.4. The zero-order chi connectivity index (χ0) is 18.0. The van der Waals surface area contributed by atoms with Crippen molar-refractivity contribution in [3.05, 3.63) is 35.9 Å². The largest absolute Gasteiger partial charge is 0.367 e. The second-order valence-corrected chi connectivity index (χ2v) is 7.24. The lowest BCUT2D eigenvalue weighted by atomic mass is 10.00. The van der Waals surface area contributed by atoms with Gasteiger partial charge in [0, 0.05) is 26.2 Å². The third-order valence-corrected chi connectivity index (χ3v) is 4.80. The van der Waals surface area contributed by atoms with Gasteiger partial charge in [-0.15, -0.1) is 5.10 Å². The maximum absolute atomic E-state index is 14.0. The van der Waals surface area contributed by atoms with Crippen molar-refractivity contribution in [1.29, 1.82) is 0 Å². The molecule has 2 aromatic rings. The van der Waals surface area contributed by atoms with Crippen LogP contribution < -0.4 is 4.90 Å². The molecule has 0 radical (unpaired) electrons. The highest BCUT2D eigenvalue weighted by molar-refractivity contribution is 5.48. The molecule has 2 heterocycles. The number of rotatable bonds is 5. The van der Waals surface area contributed by atoms with Crippen LogP contribution in [0.3, 0.4) is 0 Å². The fourth-order valence-electron chi connectivity index (χ4n) is 3.60. The highest BCUT2D eigenvalue weighted by Gasteiger charge is 2.32. The predicted octanol–water partition coefficient (Wildman–Crippen LogP) is 2.91. The highest BCUT2D eigenvalue weighted by atomic mass is 19.1. The minimum atomic E-state index is -0.153. The number of para-hydroxylation sites is 1. The Labute approximate surface area is 148 Å². The summed E-state index contributed by atoms with van der Waals surface area (Å²) in [5, 5.41) is 12.4. The van der Waals surface area contributed by atoms with Gasteiger partial charge in [0.05, 0.1) is 17.8 Å². The third-order valence-electron chi connectivity index (χ3n) is 4.80. The standard InChI is InChI=1S/C18H27FN6/c1-13(2)17(18-20-21-22-25(18)14(3)4)24-11-9-23(10-12-24)16-8-6-5-7-15(16)19/h5-8,13-14,17H,9-12H2,1-4H3. The normalized spacial score (nSPS) is 17.5. The summed E-state index contributed by atoms with van der Waals surface area (Å²) in [5.74, 6) is 1.16. The van der Waals surface area contributed by atoms with Gasteiger partial charge in [-0.3, -0.25) is 4.90 Å². The second kappa shape index (κ2) is 7.47. The molecule has 0 spiro atoms. The van der Waals surface area contributed by atoms with Crippen LogP contribution >= 0.6 is 0 Å². The highest BCUT2D eigenvalue weighted by Crippen LogP contribution is 2.30. The molecule has 0 saturated carbocycles. The average Bonchev–Trinajstić information content (AvgIpc) is 3.05. The molecule has 7 heteroatoms. The summed E-state index contributed by atoms with van der Waals surface area (Å²) >= 11 is 0. The summed E-state index contributed by atoms with van der Waals surface area (Å²) in [4.78, 5) is 4.54. The first kappa shape index (κ1) is 17.8. The van der Waals surface area contributed by atoms with Crippen molar-refractivity contribution in [3.8, 4) is 0 Å². The number of hydrogen-bond donors (Lipinski definition) is 0. The summed E-state index contributed by atoms with van der Waals surface area (Å²) in [5.41, 5.74) is 0.690. The molecule has 25 heavy (non-hydrogen) atoms. The van der Waals surface area contributed by atoms with Crippen molar-refractivity contribution in [2.24, 2.45) is 5.92 Å². The smallest absolute Gasteiger partial charge is 0.168 e. The molecular weight excluding hydrogens is 319 g/mol. The van der Waals surface area contributed by atoms with Crippen LogP contribution in [0.5, 0.6) is 0 Å². The van der Waals surface area contributed by atoms with Crippen molar-refractivity contribution in [2.45, 2.75) is 39.8 Å². The van der Waals surface area contributed by atoms with E-state index in [9.17, 15) is 4.39 Å². The molecule has 6 nitrogen and oxygen atoms in total. The lowest BCUT2D eigenvalue weighted by Gasteiger charge is -2.41. The van der Waals surface area contributed by atoms with Gasteiger partial charge in [-0.05, 0) is 42.3 Å². The molecule has 1 saturated heterocycles. The van der Waals surface area contributed by atoms with Crippen LogP contribution in [0.25, 0.3) is 0 Å². The van der Waals surface area contributed by atoms with E-state index in [1.165, 1.54) is 6.07 Å². The fraction of sp³-hybridized carbons (Fsp3) is 0.611. The van der Waals surface area contributed by atoms with Gasteiger partial charge in [-0.1, -0.05) is 26.0 Å². The molecule has 0 N–H and O–H groups in total. The van der Waals surface area contributed by atoms with Crippen LogP contribution in [-0.4, -0.2) is 51.3 Å². The molecule has 0 bridgehead atoms. The maximum Gasteiger partial charge on any atom is 0.168 e. The Hall–Kier alpha value is -2.02. The summed E-state index contributed by atoms with van der Waals surface area (Å²) in [7, 11) is 0. The molecular formula is C18H27FN6. The van der Waals surface area contributed by atoms with Crippen LogP contribution in [0.4, 0.5) is 10.1 Å². The first-order valence-corrected chi connectivity index (χ1v) is 9.00. The molecule has 136 valence electrons. The van der Waals surface area contributed by atoms with E-state index in [4.69, 9.17) is 0 Å². The van der Waals surface area contributed by atoms with Gasteiger partial charge in [-0.2, -0.15) is 0 Å². The summed E-state index contributed by atoms with van der Waals surface area (Å²) in [6.07, 6.45) is 0. The van der Waals surface area contributed by atoms with E-state index in [2.05, 4.69) is 53.0 Å². The summed E-state index contributed by atoms with van der Waals surface area (Å²) < 4.78 is 15.9. The molecule has 0 amide bonds. The number of aromatic nitrogens is 4. The van der Waals surface area contributed by atoms with Gasteiger partial charge < -0.3 is 4.90 Å². The number of nitrogens with zero attached hydrogens (tertiary/aromatic N) is 6. The SMILES string of the molecule is CC(C)C(c1nnnn1C(C)C)N1CCN(c2ccccc2F)CC1. The van der Waals surface area contributed by atoms with E-state index >= 15 is 0 Å². The van der Waals surface area contributed by atoms with Crippen LogP contribution in [0.15, 0.2) is 24.3 Å². The molecule has 1 fully saturated rings. The molecule has 1 atom stereocenters. The molecule has 1 aromatic carbocycles. The predicted molar refractivity (Wildman–Crippen MR) is 96.0 cm³/mol. The second-order valence-electron chi connectivity index (χ2n) is 7.24. The zero-order valence-electron chi connectivity index (χ0n) is 15.4. The topological polar surface area (TPSA) is 50.1 Å². The number of halogens is 1. The van der Waals surface area contributed by atoms with E-state index < -0.39 is 0 Å². The molecule has 3 rings (SSSR count). The third kappa shape index (κ3) is 3.66. The van der Waals surface area contributed by atoms with E-state index in [-0.39, 0.29) is 17.9 Å². The number of piperazine rings is 1. The molecule has 1 aromatic heterocycles. The fourth-order valence-corrected chi connectivity index (χ4v) is 3.60. The Balaban J connectivity index is 1.75. The average molecular weight is 346 g/mol. The van der Waals surface area contributed by atoms with Gasteiger partial charge in [-0.25, -0.2) is 9.07 Å². The van der Waals surface area contributed by atoms with E-state index in [1.54, 1.807) is 6.07 Å². The number of benzene rings is 1. The monoisotopic (exact) mass is 346 g/mol. The summed E-state index contributed by atoms with van der Waals surface area (Å²) in [6.45, 7) is 11.9. The van der Waals surface area contributed by atoms with Crippen molar-refractivity contribution in [1.82, 2.24) is 25.1 Å². The molecule has 1 unspecified atom stereocenters. The van der Waals surface area contributed by atoms with Crippen molar-refractivity contribution in [3.63, 3.8) is 0 Å². The number of hydrogen-bond acceptors (Lipinski definition) is 5.